The first-order chi connectivity index (χ1) is 13.2. The van der Waals surface area contributed by atoms with Crippen molar-refractivity contribution in [3.8, 4) is 0 Å². The van der Waals surface area contributed by atoms with Gasteiger partial charge in [-0.3, -0.25) is 9.59 Å². The predicted octanol–water partition coefficient (Wildman–Crippen LogP) is 3.95. The number of fused-ring (bicyclic) bond motifs is 1. The monoisotopic (exact) mass is 360 g/mol. The molecule has 1 aromatic heterocycles. The summed E-state index contributed by atoms with van der Waals surface area (Å²) in [6.07, 6.45) is 4.80. The number of amides is 2. The van der Waals surface area contributed by atoms with E-state index in [2.05, 4.69) is 10.6 Å². The van der Waals surface area contributed by atoms with Crippen molar-refractivity contribution >= 4 is 17.5 Å². The molecule has 5 nitrogen and oxygen atoms in total. The number of carbonyl (C=O) groups is 2. The third kappa shape index (κ3) is 3.77. The lowest BCUT2D eigenvalue weighted by Crippen LogP contribution is -2.24. The van der Waals surface area contributed by atoms with Crippen LogP contribution in [0.3, 0.4) is 0 Å². The fourth-order valence-corrected chi connectivity index (χ4v) is 3.37. The molecule has 0 aliphatic heterocycles. The number of hydrogen-bond donors (Lipinski definition) is 2. The number of hydrogen-bond acceptors (Lipinski definition) is 3. The maximum Gasteiger partial charge on any atom is 0.255 e. The Bertz CT molecular complexity index is 977. The molecule has 0 spiro atoms. The van der Waals surface area contributed by atoms with Crippen LogP contribution in [0, 0.1) is 0 Å². The Morgan fingerprint density at radius 2 is 1.78 bits per heavy atom. The van der Waals surface area contributed by atoms with Gasteiger partial charge in [0.15, 0.2) is 0 Å². The summed E-state index contributed by atoms with van der Waals surface area (Å²) in [5.41, 5.74) is 4.08. The standard InChI is InChI=1S/C22H20N2O3/c25-21(17-11-10-15-5-3-6-16(15)13-17)24-20-9-2-1-8-19(20)22(26)23-14-18-7-4-12-27-18/h1-2,4,7-13H,3,5-6,14H2,(H,23,26)(H,24,25). The van der Waals surface area contributed by atoms with Crippen LogP contribution in [-0.2, 0) is 19.4 Å². The lowest BCUT2D eigenvalue weighted by Gasteiger charge is -2.12. The molecule has 1 aliphatic carbocycles. The van der Waals surface area contributed by atoms with E-state index in [4.69, 9.17) is 4.42 Å². The maximum absolute atomic E-state index is 12.7. The molecule has 136 valence electrons. The average Bonchev–Trinajstić information content (AvgIpc) is 3.37. The molecule has 1 aliphatic rings. The second-order valence-corrected chi connectivity index (χ2v) is 6.60. The number of carbonyl (C=O) groups excluding carboxylic acids is 2. The van der Waals surface area contributed by atoms with E-state index >= 15 is 0 Å². The second-order valence-electron chi connectivity index (χ2n) is 6.60. The Morgan fingerprint density at radius 1 is 0.926 bits per heavy atom. The zero-order valence-corrected chi connectivity index (χ0v) is 14.8. The number of anilines is 1. The van der Waals surface area contributed by atoms with Gasteiger partial charge < -0.3 is 15.1 Å². The van der Waals surface area contributed by atoms with Crippen molar-refractivity contribution in [1.29, 1.82) is 0 Å². The van der Waals surface area contributed by atoms with Crippen molar-refractivity contribution in [2.45, 2.75) is 25.8 Å². The smallest absolute Gasteiger partial charge is 0.255 e. The van der Waals surface area contributed by atoms with E-state index in [1.807, 2.05) is 18.2 Å². The van der Waals surface area contributed by atoms with Gasteiger partial charge >= 0.3 is 0 Å². The molecule has 1 heterocycles. The molecule has 0 atom stereocenters. The van der Waals surface area contributed by atoms with Crippen LogP contribution in [0.2, 0.25) is 0 Å². The van der Waals surface area contributed by atoms with E-state index in [0.29, 0.717) is 29.1 Å². The van der Waals surface area contributed by atoms with Crippen molar-refractivity contribution < 1.29 is 14.0 Å². The normalized spacial score (nSPS) is 12.4. The molecule has 0 saturated heterocycles. The lowest BCUT2D eigenvalue weighted by molar-refractivity contribution is 0.0949. The van der Waals surface area contributed by atoms with Crippen molar-refractivity contribution in [2.24, 2.45) is 0 Å². The van der Waals surface area contributed by atoms with Crippen LogP contribution in [0.1, 0.15) is 44.0 Å². The highest BCUT2D eigenvalue weighted by Gasteiger charge is 2.17. The molecule has 0 fully saturated rings. The molecular weight excluding hydrogens is 340 g/mol. The van der Waals surface area contributed by atoms with E-state index < -0.39 is 0 Å². The van der Waals surface area contributed by atoms with Crippen LogP contribution in [0.4, 0.5) is 5.69 Å². The zero-order chi connectivity index (χ0) is 18.6. The minimum Gasteiger partial charge on any atom is -0.467 e. The summed E-state index contributed by atoms with van der Waals surface area (Å²) in [5.74, 6) is 0.190. The molecular formula is C22H20N2O3. The summed E-state index contributed by atoms with van der Waals surface area (Å²) in [6.45, 7) is 0.291. The van der Waals surface area contributed by atoms with Crippen molar-refractivity contribution in [2.75, 3.05) is 5.32 Å². The summed E-state index contributed by atoms with van der Waals surface area (Å²) in [5, 5.41) is 5.67. The van der Waals surface area contributed by atoms with E-state index in [1.54, 1.807) is 42.7 Å². The van der Waals surface area contributed by atoms with Gasteiger partial charge in [0.05, 0.1) is 24.1 Å². The summed E-state index contributed by atoms with van der Waals surface area (Å²) in [7, 11) is 0. The SMILES string of the molecule is O=C(Nc1ccccc1C(=O)NCc1ccco1)c1ccc2c(c1)CCC2. The van der Waals surface area contributed by atoms with Crippen LogP contribution >= 0.6 is 0 Å². The summed E-state index contributed by atoms with van der Waals surface area (Å²) < 4.78 is 5.22. The van der Waals surface area contributed by atoms with Gasteiger partial charge in [0, 0.05) is 5.56 Å². The maximum atomic E-state index is 12.7. The Hall–Kier alpha value is -3.34. The predicted molar refractivity (Wildman–Crippen MR) is 103 cm³/mol. The van der Waals surface area contributed by atoms with Crippen LogP contribution in [0.25, 0.3) is 0 Å². The minimum absolute atomic E-state index is 0.212. The van der Waals surface area contributed by atoms with Crippen LogP contribution in [0.5, 0.6) is 0 Å². The van der Waals surface area contributed by atoms with Gasteiger partial charge in [-0.15, -0.1) is 0 Å². The minimum atomic E-state index is -0.267. The van der Waals surface area contributed by atoms with Gasteiger partial charge in [-0.1, -0.05) is 18.2 Å². The van der Waals surface area contributed by atoms with E-state index in [1.165, 1.54) is 11.1 Å². The first-order valence-electron chi connectivity index (χ1n) is 9.03. The Morgan fingerprint density at radius 3 is 2.63 bits per heavy atom. The van der Waals surface area contributed by atoms with Gasteiger partial charge in [-0.2, -0.15) is 0 Å². The molecule has 2 N–H and O–H groups in total. The summed E-state index contributed by atoms with van der Waals surface area (Å²) in [4.78, 5) is 25.2. The van der Waals surface area contributed by atoms with E-state index in [9.17, 15) is 9.59 Å². The Labute approximate surface area is 157 Å². The molecule has 4 rings (SSSR count). The summed E-state index contributed by atoms with van der Waals surface area (Å²) in [6, 6.07) is 16.4. The largest absolute Gasteiger partial charge is 0.467 e. The Kier molecular flexibility index (Phi) is 4.75. The Balaban J connectivity index is 1.49. The lowest BCUT2D eigenvalue weighted by atomic mass is 10.1. The highest BCUT2D eigenvalue weighted by Crippen LogP contribution is 2.24. The molecule has 3 aromatic rings. The van der Waals surface area contributed by atoms with Crippen LogP contribution in [0.15, 0.2) is 65.3 Å². The number of furan rings is 1. The van der Waals surface area contributed by atoms with Gasteiger partial charge in [0.25, 0.3) is 11.8 Å². The van der Waals surface area contributed by atoms with Gasteiger partial charge in [-0.25, -0.2) is 0 Å². The summed E-state index contributed by atoms with van der Waals surface area (Å²) >= 11 is 0. The quantitative estimate of drug-likeness (QED) is 0.724. The number of rotatable bonds is 5. The molecule has 27 heavy (non-hydrogen) atoms. The number of aryl methyl sites for hydroxylation is 2. The van der Waals surface area contributed by atoms with E-state index in [0.717, 1.165) is 19.3 Å². The van der Waals surface area contributed by atoms with Crippen LogP contribution in [-0.4, -0.2) is 11.8 Å². The third-order valence-electron chi connectivity index (χ3n) is 4.78. The topological polar surface area (TPSA) is 71.3 Å². The zero-order valence-electron chi connectivity index (χ0n) is 14.8. The second kappa shape index (κ2) is 7.50. The molecule has 0 saturated carbocycles. The van der Waals surface area contributed by atoms with Gasteiger partial charge in [-0.05, 0) is 66.8 Å². The molecule has 0 radical (unpaired) electrons. The molecule has 2 aromatic carbocycles. The first kappa shape index (κ1) is 17.1. The number of para-hydroxylation sites is 1. The first-order valence-corrected chi connectivity index (χ1v) is 9.03. The molecule has 5 heteroatoms. The highest BCUT2D eigenvalue weighted by atomic mass is 16.3. The van der Waals surface area contributed by atoms with Gasteiger partial charge in [0.1, 0.15) is 5.76 Å². The van der Waals surface area contributed by atoms with Crippen molar-refractivity contribution in [1.82, 2.24) is 5.32 Å². The average molecular weight is 360 g/mol. The van der Waals surface area contributed by atoms with Crippen molar-refractivity contribution in [3.63, 3.8) is 0 Å². The fraction of sp³-hybridized carbons (Fsp3) is 0.182. The number of benzene rings is 2. The van der Waals surface area contributed by atoms with Crippen molar-refractivity contribution in [3.05, 3.63) is 88.9 Å². The molecule has 0 bridgehead atoms. The fourth-order valence-electron chi connectivity index (χ4n) is 3.37. The van der Waals surface area contributed by atoms with Crippen LogP contribution < -0.4 is 10.6 Å². The van der Waals surface area contributed by atoms with Gasteiger partial charge in [0.2, 0.25) is 0 Å². The highest BCUT2D eigenvalue weighted by molar-refractivity contribution is 6.09. The number of nitrogens with one attached hydrogen (secondary N) is 2. The molecule has 0 unspecified atom stereocenters. The third-order valence-corrected chi connectivity index (χ3v) is 4.78. The van der Waals surface area contributed by atoms with E-state index in [-0.39, 0.29) is 11.8 Å². The molecule has 2 amide bonds.